The Labute approximate surface area is 171 Å². The maximum absolute atomic E-state index is 14.2. The zero-order chi connectivity index (χ0) is 21.3. The zero-order valence-corrected chi connectivity index (χ0v) is 16.2. The summed E-state index contributed by atoms with van der Waals surface area (Å²) in [6.07, 6.45) is 2.21. The maximum atomic E-state index is 14.2. The van der Waals surface area contributed by atoms with Crippen LogP contribution in [0.15, 0.2) is 53.6 Å². The summed E-state index contributed by atoms with van der Waals surface area (Å²) in [6, 6.07) is 9.26. The molecule has 30 heavy (non-hydrogen) atoms. The summed E-state index contributed by atoms with van der Waals surface area (Å²) < 4.78 is 21.4. The van der Waals surface area contributed by atoms with E-state index >= 15 is 0 Å². The van der Waals surface area contributed by atoms with E-state index in [1.54, 1.807) is 19.2 Å². The number of hydrogen-bond donors (Lipinski definition) is 1. The molecule has 2 aromatic heterocycles. The number of ether oxygens (including phenoxy) is 1. The van der Waals surface area contributed by atoms with E-state index in [4.69, 9.17) is 9.84 Å². The molecule has 3 aromatic rings. The molecule has 1 aromatic carbocycles. The zero-order valence-electron chi connectivity index (χ0n) is 16.2. The van der Waals surface area contributed by atoms with Crippen LogP contribution in [0, 0.1) is 5.82 Å². The first-order chi connectivity index (χ1) is 14.4. The highest BCUT2D eigenvalue weighted by atomic mass is 19.1. The summed E-state index contributed by atoms with van der Waals surface area (Å²) in [5.74, 6) is -1.14. The first kappa shape index (κ1) is 19.7. The Morgan fingerprint density at radius 3 is 2.73 bits per heavy atom. The Morgan fingerprint density at radius 1 is 1.27 bits per heavy atom. The molecule has 1 fully saturated rings. The molecule has 3 heterocycles. The second-order valence-corrected chi connectivity index (χ2v) is 6.93. The monoisotopic (exact) mass is 410 g/mol. The molecule has 0 spiro atoms. The molecule has 0 bridgehead atoms. The van der Waals surface area contributed by atoms with Crippen molar-refractivity contribution >= 4 is 11.9 Å². The number of carbonyl (C=O) groups is 1. The van der Waals surface area contributed by atoms with Crippen LogP contribution in [0.2, 0.25) is 0 Å². The first-order valence-corrected chi connectivity index (χ1v) is 9.32. The van der Waals surface area contributed by atoms with Crippen LogP contribution >= 0.6 is 0 Å². The molecular formula is C21H19FN4O4. The van der Waals surface area contributed by atoms with E-state index in [0.717, 1.165) is 11.8 Å². The summed E-state index contributed by atoms with van der Waals surface area (Å²) in [7, 11) is 1.61. The third kappa shape index (κ3) is 3.79. The van der Waals surface area contributed by atoms with Gasteiger partial charge in [0.1, 0.15) is 6.10 Å². The van der Waals surface area contributed by atoms with Gasteiger partial charge in [0.2, 0.25) is 5.95 Å². The summed E-state index contributed by atoms with van der Waals surface area (Å²) in [4.78, 5) is 33.7. The highest BCUT2D eigenvalue weighted by Gasteiger charge is 2.25. The minimum atomic E-state index is -0.993. The molecule has 0 radical (unpaired) electrons. The van der Waals surface area contributed by atoms with Crippen LogP contribution in [0.25, 0.3) is 11.3 Å². The molecule has 0 saturated carbocycles. The molecular weight excluding hydrogens is 391 g/mol. The highest BCUT2D eigenvalue weighted by molar-refractivity contribution is 5.87. The van der Waals surface area contributed by atoms with Crippen LogP contribution < -0.4 is 10.5 Å². The van der Waals surface area contributed by atoms with Crippen molar-refractivity contribution in [2.24, 2.45) is 7.05 Å². The fourth-order valence-electron chi connectivity index (χ4n) is 3.40. The fourth-order valence-corrected chi connectivity index (χ4v) is 3.40. The van der Waals surface area contributed by atoms with Gasteiger partial charge in [0.25, 0.3) is 5.56 Å². The van der Waals surface area contributed by atoms with Gasteiger partial charge >= 0.3 is 5.97 Å². The van der Waals surface area contributed by atoms with Gasteiger partial charge in [-0.05, 0) is 23.8 Å². The van der Waals surface area contributed by atoms with Gasteiger partial charge in [0.05, 0.1) is 30.6 Å². The maximum Gasteiger partial charge on any atom is 0.335 e. The van der Waals surface area contributed by atoms with Gasteiger partial charge in [0, 0.05) is 31.4 Å². The molecule has 1 N–H and O–H groups in total. The van der Waals surface area contributed by atoms with Crippen molar-refractivity contribution in [1.29, 1.82) is 0 Å². The summed E-state index contributed by atoms with van der Waals surface area (Å²) in [5, 5.41) is 9.06. The van der Waals surface area contributed by atoms with Gasteiger partial charge in [0.15, 0.2) is 5.82 Å². The predicted molar refractivity (Wildman–Crippen MR) is 107 cm³/mol. The molecule has 1 saturated heterocycles. The average Bonchev–Trinajstić information content (AvgIpc) is 2.76. The smallest absolute Gasteiger partial charge is 0.335 e. The van der Waals surface area contributed by atoms with Crippen molar-refractivity contribution in [2.45, 2.75) is 6.10 Å². The Kier molecular flexibility index (Phi) is 5.28. The second-order valence-electron chi connectivity index (χ2n) is 6.93. The topological polar surface area (TPSA) is 97.6 Å². The van der Waals surface area contributed by atoms with Gasteiger partial charge in [-0.25, -0.2) is 14.2 Å². The highest BCUT2D eigenvalue weighted by Crippen LogP contribution is 2.27. The minimum Gasteiger partial charge on any atom is -0.478 e. The Balaban J connectivity index is 1.65. The van der Waals surface area contributed by atoms with E-state index < -0.39 is 11.8 Å². The standard InChI is InChI=1S/C21H19FN4O4/c1-25-19(27)10-17(15-6-7-23-11-16(15)22)24-21(25)26-8-9-30-18(12-26)13-2-4-14(5-3-13)20(28)29/h2-7,10-11,18H,8-9,12H2,1H3,(H,28,29)/t18-/m1/s1. The van der Waals surface area contributed by atoms with Crippen molar-refractivity contribution in [1.82, 2.24) is 14.5 Å². The van der Waals surface area contributed by atoms with Crippen molar-refractivity contribution in [3.63, 3.8) is 0 Å². The number of carboxylic acid groups (broad SMARTS) is 1. The predicted octanol–water partition coefficient (Wildman–Crippen LogP) is 2.26. The Morgan fingerprint density at radius 2 is 2.03 bits per heavy atom. The van der Waals surface area contributed by atoms with Crippen molar-refractivity contribution in [2.75, 3.05) is 24.6 Å². The third-order valence-corrected chi connectivity index (χ3v) is 5.04. The number of halogens is 1. The number of hydrogen-bond acceptors (Lipinski definition) is 6. The lowest BCUT2D eigenvalue weighted by Gasteiger charge is -2.34. The molecule has 8 nitrogen and oxygen atoms in total. The first-order valence-electron chi connectivity index (χ1n) is 9.32. The van der Waals surface area contributed by atoms with Crippen molar-refractivity contribution < 1.29 is 19.0 Å². The van der Waals surface area contributed by atoms with E-state index in [2.05, 4.69) is 9.97 Å². The van der Waals surface area contributed by atoms with Gasteiger partial charge in [-0.15, -0.1) is 0 Å². The molecule has 0 aliphatic carbocycles. The second kappa shape index (κ2) is 8.03. The van der Waals surface area contributed by atoms with E-state index in [0.29, 0.717) is 25.6 Å². The molecule has 0 amide bonds. The number of anilines is 1. The van der Waals surface area contributed by atoms with Crippen molar-refractivity contribution in [3.8, 4) is 11.3 Å². The number of morpholine rings is 1. The third-order valence-electron chi connectivity index (χ3n) is 5.04. The van der Waals surface area contributed by atoms with E-state index in [1.807, 2.05) is 4.90 Å². The van der Waals surface area contributed by atoms with Gasteiger partial charge < -0.3 is 14.7 Å². The Hall–Kier alpha value is -3.59. The lowest BCUT2D eigenvalue weighted by atomic mass is 10.1. The number of carboxylic acids is 1. The van der Waals surface area contributed by atoms with Crippen molar-refractivity contribution in [3.05, 3.63) is 76.1 Å². The van der Waals surface area contributed by atoms with Crippen LogP contribution in [0.5, 0.6) is 0 Å². The van der Waals surface area contributed by atoms with Gasteiger partial charge in [-0.2, -0.15) is 0 Å². The number of rotatable bonds is 4. The normalized spacial score (nSPS) is 16.5. The number of nitrogens with zero attached hydrogens (tertiary/aromatic N) is 4. The summed E-state index contributed by atoms with van der Waals surface area (Å²) in [6.45, 7) is 1.32. The van der Waals surface area contributed by atoms with E-state index in [9.17, 15) is 14.0 Å². The fraction of sp³-hybridized carbons (Fsp3) is 0.238. The molecule has 1 aliphatic rings. The number of aromatic carboxylic acids is 1. The van der Waals surface area contributed by atoms with Crippen LogP contribution in [-0.2, 0) is 11.8 Å². The SMILES string of the molecule is Cn1c(N2CCO[C@@H](c3ccc(C(=O)O)cc3)C2)nc(-c2ccncc2F)cc1=O. The number of aromatic nitrogens is 3. The minimum absolute atomic E-state index is 0.197. The molecule has 1 atom stereocenters. The molecule has 1 aliphatic heterocycles. The van der Waals surface area contributed by atoms with Gasteiger partial charge in [-0.1, -0.05) is 12.1 Å². The van der Waals surface area contributed by atoms with Gasteiger partial charge in [-0.3, -0.25) is 14.3 Å². The largest absolute Gasteiger partial charge is 0.478 e. The number of pyridine rings is 1. The van der Waals surface area contributed by atoms with E-state index in [-0.39, 0.29) is 28.5 Å². The molecule has 0 unspecified atom stereocenters. The van der Waals surface area contributed by atoms with Crippen LogP contribution in [0.3, 0.4) is 0 Å². The summed E-state index contributed by atoms with van der Waals surface area (Å²) in [5.41, 5.74) is 1.16. The summed E-state index contributed by atoms with van der Waals surface area (Å²) >= 11 is 0. The molecule has 154 valence electrons. The molecule has 4 rings (SSSR count). The van der Waals surface area contributed by atoms with Crippen LogP contribution in [0.1, 0.15) is 22.0 Å². The Bertz CT molecular complexity index is 1150. The molecule has 9 heteroatoms. The average molecular weight is 410 g/mol. The van der Waals surface area contributed by atoms with Crippen LogP contribution in [0.4, 0.5) is 10.3 Å². The van der Waals surface area contributed by atoms with E-state index in [1.165, 1.54) is 35.0 Å². The number of benzene rings is 1. The lowest BCUT2D eigenvalue weighted by Crippen LogP contribution is -2.41. The van der Waals surface area contributed by atoms with Crippen LogP contribution in [-0.4, -0.2) is 45.3 Å². The quantitative estimate of drug-likeness (QED) is 0.705. The lowest BCUT2D eigenvalue weighted by molar-refractivity contribution is 0.0389.